The minimum absolute atomic E-state index is 0.143. The quantitative estimate of drug-likeness (QED) is 0.597. The number of sulfone groups is 1. The van der Waals surface area contributed by atoms with E-state index < -0.39 is 9.84 Å². The summed E-state index contributed by atoms with van der Waals surface area (Å²) in [6, 6.07) is 4.96. The van der Waals surface area contributed by atoms with Gasteiger partial charge in [0.2, 0.25) is 0 Å². The summed E-state index contributed by atoms with van der Waals surface area (Å²) in [5.41, 5.74) is 3.35. The van der Waals surface area contributed by atoms with Crippen molar-refractivity contribution >= 4 is 33.0 Å². The van der Waals surface area contributed by atoms with Gasteiger partial charge in [0, 0.05) is 27.4 Å². The van der Waals surface area contributed by atoms with Gasteiger partial charge in [-0.15, -0.1) is 0 Å². The van der Waals surface area contributed by atoms with Crippen molar-refractivity contribution in [3.63, 3.8) is 0 Å². The van der Waals surface area contributed by atoms with Gasteiger partial charge >= 0.3 is 0 Å². The predicted octanol–water partition coefficient (Wildman–Crippen LogP) is 2.71. The molecule has 0 amide bonds. The number of nitrogens with two attached hydrogens (primary N) is 1. The zero-order valence-electron chi connectivity index (χ0n) is 10.7. The van der Waals surface area contributed by atoms with Gasteiger partial charge < -0.3 is 0 Å². The van der Waals surface area contributed by atoms with E-state index in [1.807, 2.05) is 0 Å². The Labute approximate surface area is 124 Å². The van der Waals surface area contributed by atoms with Crippen molar-refractivity contribution in [1.29, 1.82) is 0 Å². The molecule has 0 aliphatic heterocycles. The highest BCUT2D eigenvalue weighted by Crippen LogP contribution is 2.32. The van der Waals surface area contributed by atoms with E-state index in [1.165, 1.54) is 0 Å². The predicted molar refractivity (Wildman–Crippen MR) is 80.1 cm³/mol. The Hall–Kier alpha value is -0.330. The van der Waals surface area contributed by atoms with Crippen molar-refractivity contribution in [3.8, 4) is 0 Å². The van der Waals surface area contributed by atoms with Crippen molar-refractivity contribution < 1.29 is 8.42 Å². The van der Waals surface area contributed by atoms with E-state index in [2.05, 4.69) is 5.43 Å². The van der Waals surface area contributed by atoms with E-state index in [4.69, 9.17) is 29.0 Å². The maximum absolute atomic E-state index is 11.4. The van der Waals surface area contributed by atoms with Crippen molar-refractivity contribution in [2.24, 2.45) is 5.84 Å². The Morgan fingerprint density at radius 2 is 1.89 bits per heavy atom. The fourth-order valence-corrected chi connectivity index (χ4v) is 3.36. The van der Waals surface area contributed by atoms with Crippen LogP contribution in [-0.2, 0) is 9.84 Å². The number of benzene rings is 1. The third-order valence-electron chi connectivity index (χ3n) is 2.94. The van der Waals surface area contributed by atoms with Gasteiger partial charge in [0.1, 0.15) is 9.84 Å². The van der Waals surface area contributed by atoms with E-state index >= 15 is 0 Å². The maximum Gasteiger partial charge on any atom is 0.150 e. The van der Waals surface area contributed by atoms with Crippen LogP contribution in [0.1, 0.15) is 31.4 Å². The van der Waals surface area contributed by atoms with Crippen LogP contribution in [0.15, 0.2) is 18.2 Å². The molecule has 0 aliphatic carbocycles. The van der Waals surface area contributed by atoms with Crippen LogP contribution in [0, 0.1) is 0 Å². The molecule has 0 radical (unpaired) electrons. The summed E-state index contributed by atoms with van der Waals surface area (Å²) in [4.78, 5) is 0. The van der Waals surface area contributed by atoms with Crippen LogP contribution in [0.5, 0.6) is 0 Å². The molecule has 0 aromatic heterocycles. The fourth-order valence-electron chi connectivity index (χ4n) is 1.81. The van der Waals surface area contributed by atoms with Crippen LogP contribution in [-0.4, -0.2) is 19.9 Å². The number of nitrogens with one attached hydrogen (secondary N) is 1. The zero-order chi connectivity index (χ0) is 14.5. The van der Waals surface area contributed by atoms with E-state index in [-0.39, 0.29) is 17.5 Å². The smallest absolute Gasteiger partial charge is 0.150 e. The van der Waals surface area contributed by atoms with Gasteiger partial charge in [-0.2, -0.15) is 0 Å². The molecule has 0 aliphatic rings. The molecule has 0 spiro atoms. The summed E-state index contributed by atoms with van der Waals surface area (Å²) in [6.45, 7) is 1.64. The van der Waals surface area contributed by atoms with Gasteiger partial charge in [-0.05, 0) is 25.0 Å². The lowest BCUT2D eigenvalue weighted by atomic mass is 10.0. The average Bonchev–Trinajstić information content (AvgIpc) is 2.36. The van der Waals surface area contributed by atoms with Gasteiger partial charge in [-0.3, -0.25) is 11.3 Å². The standard InChI is InChI=1S/C12H18Cl2N2O2S/c1-2-19(17,18)8-4-7-11(16-15)12-9(13)5-3-6-10(12)14/h3,5-6,11,16H,2,4,7-8,15H2,1H3. The summed E-state index contributed by atoms with van der Waals surface area (Å²) >= 11 is 12.2. The number of hydrazine groups is 1. The molecule has 1 atom stereocenters. The van der Waals surface area contributed by atoms with E-state index in [9.17, 15) is 8.42 Å². The molecule has 4 nitrogen and oxygen atoms in total. The van der Waals surface area contributed by atoms with Gasteiger partial charge in [0.05, 0.1) is 5.75 Å². The minimum Gasteiger partial charge on any atom is -0.271 e. The molecule has 19 heavy (non-hydrogen) atoms. The molecule has 0 bridgehead atoms. The summed E-state index contributed by atoms with van der Waals surface area (Å²) in [6.07, 6.45) is 1.06. The first kappa shape index (κ1) is 16.7. The third-order valence-corrected chi connectivity index (χ3v) is 5.39. The minimum atomic E-state index is -2.96. The molecule has 0 saturated heterocycles. The van der Waals surface area contributed by atoms with E-state index in [0.717, 1.165) is 0 Å². The SMILES string of the molecule is CCS(=O)(=O)CCCC(NN)c1c(Cl)cccc1Cl. The largest absolute Gasteiger partial charge is 0.271 e. The van der Waals surface area contributed by atoms with Crippen LogP contribution >= 0.6 is 23.2 Å². The number of hydrogen-bond donors (Lipinski definition) is 2. The Kier molecular flexibility index (Phi) is 6.56. The molecule has 0 fully saturated rings. The number of rotatable bonds is 7. The molecule has 1 rings (SSSR count). The second-order valence-corrected chi connectivity index (χ2v) is 7.52. The average molecular weight is 325 g/mol. The topological polar surface area (TPSA) is 72.2 Å². The second-order valence-electron chi connectivity index (χ2n) is 4.23. The first-order valence-electron chi connectivity index (χ1n) is 6.01. The Balaban J connectivity index is 2.74. The first-order chi connectivity index (χ1) is 8.91. The molecular formula is C12H18Cl2N2O2S. The van der Waals surface area contributed by atoms with E-state index in [1.54, 1.807) is 25.1 Å². The first-order valence-corrected chi connectivity index (χ1v) is 8.59. The molecule has 0 heterocycles. The lowest BCUT2D eigenvalue weighted by Crippen LogP contribution is -2.29. The highest BCUT2D eigenvalue weighted by molar-refractivity contribution is 7.91. The molecule has 1 unspecified atom stereocenters. The summed E-state index contributed by atoms with van der Waals surface area (Å²) in [7, 11) is -2.96. The molecule has 108 valence electrons. The molecule has 1 aromatic rings. The van der Waals surface area contributed by atoms with Gasteiger partial charge in [-0.25, -0.2) is 8.42 Å². The number of hydrogen-bond acceptors (Lipinski definition) is 4. The monoisotopic (exact) mass is 324 g/mol. The van der Waals surface area contributed by atoms with Crippen molar-refractivity contribution in [2.45, 2.75) is 25.8 Å². The highest BCUT2D eigenvalue weighted by Gasteiger charge is 2.17. The van der Waals surface area contributed by atoms with Gasteiger partial charge in [0.15, 0.2) is 0 Å². The Morgan fingerprint density at radius 1 is 1.32 bits per heavy atom. The Bertz CT molecular complexity index is 500. The highest BCUT2D eigenvalue weighted by atomic mass is 35.5. The molecule has 3 N–H and O–H groups in total. The second kappa shape index (κ2) is 7.45. The molecular weight excluding hydrogens is 307 g/mol. The summed E-state index contributed by atoms with van der Waals surface area (Å²) in [5.74, 6) is 5.80. The lowest BCUT2D eigenvalue weighted by Gasteiger charge is -2.19. The zero-order valence-corrected chi connectivity index (χ0v) is 13.0. The molecule has 1 aromatic carbocycles. The van der Waals surface area contributed by atoms with Crippen molar-refractivity contribution in [3.05, 3.63) is 33.8 Å². The van der Waals surface area contributed by atoms with Crippen molar-refractivity contribution in [1.82, 2.24) is 5.43 Å². The van der Waals surface area contributed by atoms with Crippen LogP contribution < -0.4 is 11.3 Å². The normalized spacial score (nSPS) is 13.5. The number of halogens is 2. The van der Waals surface area contributed by atoms with Crippen LogP contribution in [0.2, 0.25) is 10.0 Å². The van der Waals surface area contributed by atoms with Gasteiger partial charge in [-0.1, -0.05) is 36.2 Å². The fraction of sp³-hybridized carbons (Fsp3) is 0.500. The van der Waals surface area contributed by atoms with E-state index in [0.29, 0.717) is 28.5 Å². The summed E-state index contributed by atoms with van der Waals surface area (Å²) < 4.78 is 22.9. The van der Waals surface area contributed by atoms with Crippen LogP contribution in [0.3, 0.4) is 0 Å². The van der Waals surface area contributed by atoms with Gasteiger partial charge in [0.25, 0.3) is 0 Å². The Morgan fingerprint density at radius 3 is 2.37 bits per heavy atom. The van der Waals surface area contributed by atoms with Crippen LogP contribution in [0.4, 0.5) is 0 Å². The third kappa shape index (κ3) is 4.93. The van der Waals surface area contributed by atoms with Crippen LogP contribution in [0.25, 0.3) is 0 Å². The lowest BCUT2D eigenvalue weighted by molar-refractivity contribution is 0.507. The summed E-state index contributed by atoms with van der Waals surface area (Å²) in [5, 5.41) is 1.04. The van der Waals surface area contributed by atoms with Crippen molar-refractivity contribution in [2.75, 3.05) is 11.5 Å². The molecule has 7 heteroatoms. The molecule has 0 saturated carbocycles. The maximum atomic E-state index is 11.4.